The van der Waals surface area contributed by atoms with Crippen LogP contribution in [0.15, 0.2) is 70.9 Å². The van der Waals surface area contributed by atoms with Gasteiger partial charge in [-0.2, -0.15) is 14.9 Å². The highest BCUT2D eigenvalue weighted by Gasteiger charge is 2.15. The van der Waals surface area contributed by atoms with Gasteiger partial charge in [-0.05, 0) is 31.2 Å². The molecular formula is C16H14N4O. The van der Waals surface area contributed by atoms with Crippen molar-refractivity contribution in [2.24, 2.45) is 10.2 Å². The molecule has 0 unspecified atom stereocenters. The zero-order valence-electron chi connectivity index (χ0n) is 11.5. The molecule has 3 aromatic rings. The smallest absolute Gasteiger partial charge is 0.243 e. The van der Waals surface area contributed by atoms with Crippen LogP contribution in [0.1, 0.15) is 5.69 Å². The fraction of sp³-hybridized carbons (Fsp3) is 0.0625. The minimum atomic E-state index is -0.0154. The van der Waals surface area contributed by atoms with E-state index in [0.29, 0.717) is 11.4 Å². The molecule has 0 saturated heterocycles. The van der Waals surface area contributed by atoms with Crippen LogP contribution in [0.3, 0.4) is 0 Å². The van der Waals surface area contributed by atoms with Crippen LogP contribution in [0.2, 0.25) is 0 Å². The molecule has 5 nitrogen and oxygen atoms in total. The number of aromatic nitrogens is 2. The quantitative estimate of drug-likeness (QED) is 0.726. The molecule has 3 rings (SSSR count). The maximum atomic E-state index is 10.3. The number of azo groups is 1. The SMILES string of the molecule is Cc1nn(-c2ccccc2)c(O)c1/N=N/c1ccccc1. The Balaban J connectivity index is 1.98. The molecule has 0 radical (unpaired) electrons. The Morgan fingerprint density at radius 2 is 1.52 bits per heavy atom. The van der Waals surface area contributed by atoms with Gasteiger partial charge in [0.2, 0.25) is 5.88 Å². The van der Waals surface area contributed by atoms with Gasteiger partial charge in [-0.15, -0.1) is 5.11 Å². The number of hydrogen-bond acceptors (Lipinski definition) is 4. The molecule has 21 heavy (non-hydrogen) atoms. The van der Waals surface area contributed by atoms with Gasteiger partial charge in [-0.3, -0.25) is 0 Å². The van der Waals surface area contributed by atoms with E-state index in [1.54, 1.807) is 6.92 Å². The molecule has 0 aliphatic heterocycles. The molecule has 0 saturated carbocycles. The van der Waals surface area contributed by atoms with Crippen molar-refractivity contribution in [2.45, 2.75) is 6.92 Å². The van der Waals surface area contributed by atoms with E-state index in [2.05, 4.69) is 15.3 Å². The average Bonchev–Trinajstić information content (AvgIpc) is 2.82. The van der Waals surface area contributed by atoms with Crippen LogP contribution < -0.4 is 0 Å². The van der Waals surface area contributed by atoms with E-state index >= 15 is 0 Å². The van der Waals surface area contributed by atoms with Crippen molar-refractivity contribution in [2.75, 3.05) is 0 Å². The van der Waals surface area contributed by atoms with Gasteiger partial charge in [-0.1, -0.05) is 36.4 Å². The summed E-state index contributed by atoms with van der Waals surface area (Å²) < 4.78 is 1.45. The topological polar surface area (TPSA) is 62.8 Å². The van der Waals surface area contributed by atoms with Crippen molar-refractivity contribution < 1.29 is 5.11 Å². The summed E-state index contributed by atoms with van der Waals surface area (Å²) in [6.45, 7) is 1.79. The van der Waals surface area contributed by atoms with Gasteiger partial charge >= 0.3 is 0 Å². The van der Waals surface area contributed by atoms with Gasteiger partial charge in [0.15, 0.2) is 5.69 Å². The zero-order chi connectivity index (χ0) is 14.7. The highest BCUT2D eigenvalue weighted by Crippen LogP contribution is 2.33. The number of aromatic hydroxyl groups is 1. The van der Waals surface area contributed by atoms with Gasteiger partial charge in [-0.25, -0.2) is 0 Å². The second-order valence-corrected chi connectivity index (χ2v) is 4.54. The first-order valence-corrected chi connectivity index (χ1v) is 6.56. The fourth-order valence-corrected chi connectivity index (χ4v) is 1.98. The molecule has 0 aliphatic rings. The third kappa shape index (κ3) is 2.67. The van der Waals surface area contributed by atoms with Gasteiger partial charge < -0.3 is 5.11 Å². The second-order valence-electron chi connectivity index (χ2n) is 4.54. The molecule has 0 bridgehead atoms. The molecule has 1 aromatic heterocycles. The van der Waals surface area contributed by atoms with Crippen LogP contribution in [0.5, 0.6) is 5.88 Å². The van der Waals surface area contributed by atoms with Crippen LogP contribution in [0.25, 0.3) is 5.69 Å². The van der Waals surface area contributed by atoms with E-state index in [9.17, 15) is 5.11 Å². The van der Waals surface area contributed by atoms with Crippen LogP contribution in [0.4, 0.5) is 11.4 Å². The molecule has 104 valence electrons. The Morgan fingerprint density at radius 1 is 0.905 bits per heavy atom. The van der Waals surface area contributed by atoms with Gasteiger partial charge in [0.25, 0.3) is 0 Å². The Hall–Kier alpha value is -2.95. The summed E-state index contributed by atoms with van der Waals surface area (Å²) in [5.74, 6) is -0.0154. The largest absolute Gasteiger partial charge is 0.492 e. The van der Waals surface area contributed by atoms with Crippen LogP contribution in [-0.2, 0) is 0 Å². The summed E-state index contributed by atoms with van der Waals surface area (Å²) in [7, 11) is 0. The van der Waals surface area contributed by atoms with Crippen LogP contribution in [-0.4, -0.2) is 14.9 Å². The summed E-state index contributed by atoms with van der Waals surface area (Å²) in [5, 5.41) is 22.8. The van der Waals surface area contributed by atoms with Crippen molar-refractivity contribution >= 4 is 11.4 Å². The maximum Gasteiger partial charge on any atom is 0.243 e. The lowest BCUT2D eigenvalue weighted by molar-refractivity contribution is 0.434. The Labute approximate surface area is 122 Å². The Kier molecular flexibility index (Phi) is 3.47. The summed E-state index contributed by atoms with van der Waals surface area (Å²) in [6.07, 6.45) is 0. The number of nitrogens with zero attached hydrogens (tertiary/aromatic N) is 4. The van der Waals surface area contributed by atoms with Gasteiger partial charge in [0.1, 0.15) is 0 Å². The number of aryl methyl sites for hydroxylation is 1. The molecule has 0 fully saturated rings. The van der Waals surface area contributed by atoms with Crippen molar-refractivity contribution in [3.05, 3.63) is 66.4 Å². The predicted octanol–water partition coefficient (Wildman–Crippen LogP) is 4.30. The molecule has 0 spiro atoms. The first-order valence-electron chi connectivity index (χ1n) is 6.56. The molecule has 0 atom stereocenters. The van der Waals surface area contributed by atoms with Crippen molar-refractivity contribution in [1.29, 1.82) is 0 Å². The number of para-hydroxylation sites is 1. The van der Waals surface area contributed by atoms with Gasteiger partial charge in [0, 0.05) is 0 Å². The molecule has 1 heterocycles. The number of rotatable bonds is 3. The summed E-state index contributed by atoms with van der Waals surface area (Å²) in [5.41, 5.74) is 2.50. The zero-order valence-corrected chi connectivity index (χ0v) is 11.5. The van der Waals surface area contributed by atoms with Crippen LogP contribution >= 0.6 is 0 Å². The maximum absolute atomic E-state index is 10.3. The molecule has 5 heteroatoms. The summed E-state index contributed by atoms with van der Waals surface area (Å²) >= 11 is 0. The average molecular weight is 278 g/mol. The number of benzene rings is 2. The molecule has 0 amide bonds. The lowest BCUT2D eigenvalue weighted by Gasteiger charge is -2.01. The summed E-state index contributed by atoms with van der Waals surface area (Å²) in [4.78, 5) is 0. The van der Waals surface area contributed by atoms with Crippen molar-refractivity contribution in [3.63, 3.8) is 0 Å². The summed E-state index contributed by atoms with van der Waals surface area (Å²) in [6, 6.07) is 18.8. The van der Waals surface area contributed by atoms with E-state index in [-0.39, 0.29) is 5.88 Å². The first kappa shape index (κ1) is 13.1. The van der Waals surface area contributed by atoms with E-state index in [1.807, 2.05) is 60.7 Å². The normalized spacial score (nSPS) is 11.1. The van der Waals surface area contributed by atoms with E-state index in [4.69, 9.17) is 0 Å². The third-order valence-electron chi connectivity index (χ3n) is 3.03. The predicted molar refractivity (Wildman–Crippen MR) is 80.6 cm³/mol. The third-order valence-corrected chi connectivity index (χ3v) is 3.03. The van der Waals surface area contributed by atoms with Crippen molar-refractivity contribution in [1.82, 2.24) is 9.78 Å². The molecule has 1 N–H and O–H groups in total. The molecular weight excluding hydrogens is 264 g/mol. The minimum Gasteiger partial charge on any atom is -0.492 e. The van der Waals surface area contributed by atoms with Crippen molar-refractivity contribution in [3.8, 4) is 11.6 Å². The lowest BCUT2D eigenvalue weighted by Crippen LogP contribution is -1.94. The second kappa shape index (κ2) is 5.58. The fourth-order valence-electron chi connectivity index (χ4n) is 1.98. The van der Waals surface area contributed by atoms with Gasteiger partial charge in [0.05, 0.1) is 17.1 Å². The Morgan fingerprint density at radius 3 is 2.19 bits per heavy atom. The first-order chi connectivity index (χ1) is 10.3. The van der Waals surface area contributed by atoms with E-state index in [0.717, 1.165) is 11.4 Å². The minimum absolute atomic E-state index is 0.0154. The highest BCUT2D eigenvalue weighted by molar-refractivity contribution is 5.54. The standard InChI is InChI=1S/C16H14N4O/c1-12-15(18-17-13-8-4-2-5-9-13)16(21)20(19-12)14-10-6-3-7-11-14/h2-11,21H,1H3/b18-17+. The molecule has 0 aliphatic carbocycles. The number of hydrogen-bond donors (Lipinski definition) is 1. The van der Waals surface area contributed by atoms with Crippen LogP contribution in [0, 0.1) is 6.92 Å². The van der Waals surface area contributed by atoms with E-state index < -0.39 is 0 Å². The van der Waals surface area contributed by atoms with E-state index in [1.165, 1.54) is 4.68 Å². The lowest BCUT2D eigenvalue weighted by atomic mass is 10.3. The monoisotopic (exact) mass is 278 g/mol. The molecule has 2 aromatic carbocycles. The highest BCUT2D eigenvalue weighted by atomic mass is 16.3. The Bertz CT molecular complexity index is 764.